The number of thioether (sulfide) groups is 2. The number of aliphatic carboxylic acids is 1. The van der Waals surface area contributed by atoms with Crippen LogP contribution in [0.15, 0.2) is 43.0 Å². The molecule has 0 saturated carbocycles. The van der Waals surface area contributed by atoms with Crippen LogP contribution in [0.4, 0.5) is 0 Å². The number of aromatic amines is 2. The van der Waals surface area contributed by atoms with Crippen molar-refractivity contribution in [2.75, 3.05) is 42.1 Å². The van der Waals surface area contributed by atoms with E-state index in [9.17, 15) is 53.1 Å². The van der Waals surface area contributed by atoms with E-state index in [0.29, 0.717) is 42.1 Å². The molecule has 4 rings (SSSR count). The Bertz CT molecular complexity index is 2480. The topological polar surface area (TPSA) is 370 Å². The zero-order valence-electron chi connectivity index (χ0n) is 43.5. The average Bonchev–Trinajstić information content (AvgIpc) is 4.21. The molecule has 9 atom stereocenters. The van der Waals surface area contributed by atoms with E-state index >= 15 is 0 Å². The minimum Gasteiger partial charge on any atom is -0.480 e. The van der Waals surface area contributed by atoms with Crippen LogP contribution in [-0.2, 0) is 60.8 Å². The normalized spacial score (nSPS) is 16.3. The highest BCUT2D eigenvalue weighted by Gasteiger charge is 2.36. The predicted molar refractivity (Wildman–Crippen MR) is 300 cm³/mol. The van der Waals surface area contributed by atoms with Gasteiger partial charge in [0.1, 0.15) is 48.3 Å². The summed E-state index contributed by atoms with van der Waals surface area (Å²) in [4.78, 5) is 145. The summed E-state index contributed by atoms with van der Waals surface area (Å²) in [6.45, 7) is 4.41. The molecule has 424 valence electrons. The first-order chi connectivity index (χ1) is 36.8. The first-order valence-corrected chi connectivity index (χ1v) is 29.2. The third-order valence-corrected chi connectivity index (χ3v) is 14.5. The molecule has 14 N–H and O–H groups in total. The van der Waals surface area contributed by atoms with Crippen molar-refractivity contribution in [3.63, 3.8) is 0 Å². The van der Waals surface area contributed by atoms with Gasteiger partial charge in [-0.15, -0.1) is 0 Å². The van der Waals surface area contributed by atoms with Crippen molar-refractivity contribution in [1.82, 2.24) is 62.8 Å². The van der Waals surface area contributed by atoms with E-state index in [1.54, 1.807) is 36.7 Å². The molecular weight excluding hydrogens is 1070 g/mol. The first-order valence-electron chi connectivity index (χ1n) is 25.2. The Kier molecular flexibility index (Phi) is 27.0. The van der Waals surface area contributed by atoms with Gasteiger partial charge in [-0.05, 0) is 86.6 Å². The molecule has 2 aromatic heterocycles. The van der Waals surface area contributed by atoms with E-state index in [0.717, 1.165) is 17.3 Å². The van der Waals surface area contributed by atoms with Crippen LogP contribution >= 0.6 is 48.8 Å². The van der Waals surface area contributed by atoms with E-state index in [-0.39, 0.29) is 61.9 Å². The van der Waals surface area contributed by atoms with Gasteiger partial charge in [-0.25, -0.2) is 9.78 Å². The van der Waals surface area contributed by atoms with Crippen LogP contribution in [0, 0.1) is 5.92 Å². The molecule has 1 aliphatic heterocycles. The zero-order valence-corrected chi connectivity index (χ0v) is 46.9. The van der Waals surface area contributed by atoms with Gasteiger partial charge < -0.3 is 68.7 Å². The van der Waals surface area contributed by atoms with E-state index in [4.69, 9.17) is 5.73 Å². The lowest BCUT2D eigenvalue weighted by Gasteiger charge is -2.28. The highest BCUT2D eigenvalue weighted by molar-refractivity contribution is 7.98. The van der Waals surface area contributed by atoms with Gasteiger partial charge in [0.2, 0.25) is 53.2 Å². The number of H-pyrrole nitrogens is 2. The van der Waals surface area contributed by atoms with Crippen molar-refractivity contribution >= 4 is 119 Å². The monoisotopic (exact) mass is 1150 g/mol. The largest absolute Gasteiger partial charge is 0.480 e. The average molecular weight is 1150 g/mol. The molecule has 0 radical (unpaired) electrons. The number of thiol groups is 2. The number of nitrogens with one attached hydrogen (secondary N) is 11. The summed E-state index contributed by atoms with van der Waals surface area (Å²) in [5, 5.41) is 34.9. The lowest BCUT2D eigenvalue weighted by atomic mass is 10.0. The number of hydrogen-bond acceptors (Lipinski definition) is 16. The molecular formula is C49H73N13O11S4. The Hall–Kier alpha value is -5.97. The highest BCUT2D eigenvalue weighted by Crippen LogP contribution is 2.20. The molecule has 1 fully saturated rings. The number of imidazole rings is 1. The minimum absolute atomic E-state index is 0.0778. The van der Waals surface area contributed by atoms with Crippen LogP contribution in [0.25, 0.3) is 10.9 Å². The minimum atomic E-state index is -1.54. The third-order valence-electron chi connectivity index (χ3n) is 12.5. The quantitative estimate of drug-likeness (QED) is 0.0321. The van der Waals surface area contributed by atoms with Gasteiger partial charge >= 0.3 is 5.97 Å². The number of carbonyl (C=O) groups excluding carboxylic acids is 9. The van der Waals surface area contributed by atoms with Crippen molar-refractivity contribution in [1.29, 1.82) is 0 Å². The molecule has 1 aliphatic rings. The molecule has 77 heavy (non-hydrogen) atoms. The third kappa shape index (κ3) is 20.7. The second-order valence-electron chi connectivity index (χ2n) is 18.9. The standard InChI is InChI=1S/C49H73N13O11S4/c1-26(2)18-35(58-42(65)32(13-16-76-3)55-41(64)31-10-7-15-52-31)44(67)62-38(23-74)47(70)56-33(14-17-77-4)43(66)61-39(24-75)48(71)60-37(20-28-22-51-25-54-28)46(69)59-36(19-27-21-53-30-9-6-5-8-29(27)30)45(68)57-34(49(72)73)11-12-40(50)63/h5-6,8-9,21-22,25-26,31-39,52-53,74-75H,7,10-20,23-24H2,1-4H3,(H2,50,63)(H,51,54)(H,55,64)(H,56,70)(H,57,68)(H,58,65)(H,59,69)(H,60,71)(H,61,66)(H,62,67)(H,72,73)/t31-,32-,33-,34-,35-,36-,37-,38-,39-/m0/s1. The summed E-state index contributed by atoms with van der Waals surface area (Å²) in [6, 6.07) is -3.62. The van der Waals surface area contributed by atoms with Gasteiger partial charge in [-0.1, -0.05) is 32.0 Å². The fraction of sp³-hybridized carbons (Fsp3) is 0.571. The molecule has 3 heterocycles. The van der Waals surface area contributed by atoms with E-state index in [2.05, 4.69) is 88.1 Å². The number of primary amides is 1. The molecule has 24 nitrogen and oxygen atoms in total. The van der Waals surface area contributed by atoms with Crippen molar-refractivity contribution in [2.45, 2.75) is 126 Å². The summed E-state index contributed by atoms with van der Waals surface area (Å²) >= 11 is 11.5. The summed E-state index contributed by atoms with van der Waals surface area (Å²) in [7, 11) is 0. The van der Waals surface area contributed by atoms with Crippen LogP contribution in [0.3, 0.4) is 0 Å². The Morgan fingerprint density at radius 3 is 1.70 bits per heavy atom. The molecule has 1 aromatic carbocycles. The van der Waals surface area contributed by atoms with Gasteiger partial charge in [0.25, 0.3) is 0 Å². The highest BCUT2D eigenvalue weighted by atomic mass is 32.2. The van der Waals surface area contributed by atoms with Crippen LogP contribution in [0.2, 0.25) is 0 Å². The summed E-state index contributed by atoms with van der Waals surface area (Å²) in [5.41, 5.74) is 6.96. The second-order valence-corrected chi connectivity index (χ2v) is 21.6. The van der Waals surface area contributed by atoms with Crippen molar-refractivity contribution in [3.05, 3.63) is 54.2 Å². The smallest absolute Gasteiger partial charge is 0.326 e. The SMILES string of the molecule is CSCC[C@H](NC(=O)[C@@H]1CCCN1)C(=O)N[C@@H](CC(C)C)C(=O)N[C@@H](CS)C(=O)N[C@@H](CCSC)C(=O)N[C@@H](CS)C(=O)N[C@@H](Cc1cnc[nH]1)C(=O)N[C@@H](Cc1c[nH]c2ccccc12)C(=O)N[C@@H](CCC(N)=O)C(=O)O. The summed E-state index contributed by atoms with van der Waals surface area (Å²) in [6.07, 6.45) is 9.11. The van der Waals surface area contributed by atoms with Gasteiger partial charge in [0.15, 0.2) is 0 Å². The Morgan fingerprint density at radius 2 is 1.18 bits per heavy atom. The van der Waals surface area contributed by atoms with E-state index < -0.39 is 108 Å². The number of amides is 9. The van der Waals surface area contributed by atoms with E-state index in [1.165, 1.54) is 36.0 Å². The Morgan fingerprint density at radius 1 is 0.675 bits per heavy atom. The summed E-state index contributed by atoms with van der Waals surface area (Å²) in [5.74, 6) is -7.64. The number of fused-ring (bicyclic) bond motifs is 1. The second kappa shape index (κ2) is 32.7. The maximum Gasteiger partial charge on any atom is 0.326 e. The number of hydrogen-bond donors (Lipinski definition) is 15. The number of carboxylic acids is 1. The number of benzene rings is 1. The van der Waals surface area contributed by atoms with Crippen molar-refractivity contribution < 1.29 is 53.1 Å². The molecule has 0 unspecified atom stereocenters. The lowest BCUT2D eigenvalue weighted by molar-refractivity contribution is -0.142. The Labute approximate surface area is 466 Å². The van der Waals surface area contributed by atoms with E-state index in [1.807, 2.05) is 20.1 Å². The number of aromatic nitrogens is 3. The molecule has 0 spiro atoms. The number of para-hydroxylation sites is 1. The molecule has 0 bridgehead atoms. The van der Waals surface area contributed by atoms with Crippen LogP contribution in [0.1, 0.15) is 70.1 Å². The first kappa shape index (κ1) is 63.6. The fourth-order valence-corrected chi connectivity index (χ4v) is 9.74. The lowest BCUT2D eigenvalue weighted by Crippen LogP contribution is -2.61. The maximum absolute atomic E-state index is 14.3. The molecule has 3 aromatic rings. The molecule has 28 heteroatoms. The molecule has 9 amide bonds. The number of nitrogens with two attached hydrogens (primary N) is 1. The van der Waals surface area contributed by atoms with Gasteiger partial charge in [0.05, 0.1) is 12.4 Å². The molecule has 1 saturated heterocycles. The number of carbonyl (C=O) groups is 10. The number of nitrogens with zero attached hydrogens (tertiary/aromatic N) is 1. The van der Waals surface area contributed by atoms with Gasteiger partial charge in [0, 0.05) is 59.8 Å². The van der Waals surface area contributed by atoms with Crippen molar-refractivity contribution in [2.24, 2.45) is 11.7 Å². The van der Waals surface area contributed by atoms with Crippen LogP contribution < -0.4 is 53.6 Å². The zero-order chi connectivity index (χ0) is 56.6. The predicted octanol–water partition coefficient (Wildman–Crippen LogP) is -0.931. The summed E-state index contributed by atoms with van der Waals surface area (Å²) < 4.78 is 0. The van der Waals surface area contributed by atoms with Gasteiger partial charge in [-0.2, -0.15) is 48.8 Å². The van der Waals surface area contributed by atoms with Crippen molar-refractivity contribution in [3.8, 4) is 0 Å². The fourth-order valence-electron chi connectivity index (χ4n) is 8.29. The Balaban J connectivity index is 1.50. The van der Waals surface area contributed by atoms with Crippen LogP contribution in [-0.4, -0.2) is 176 Å². The van der Waals surface area contributed by atoms with Crippen LogP contribution in [0.5, 0.6) is 0 Å². The number of rotatable bonds is 34. The number of carboxylic acid groups (broad SMARTS) is 1. The van der Waals surface area contributed by atoms with Gasteiger partial charge in [-0.3, -0.25) is 43.2 Å². The molecule has 0 aliphatic carbocycles. The maximum atomic E-state index is 14.3.